The molecule has 0 radical (unpaired) electrons. The summed E-state index contributed by atoms with van der Waals surface area (Å²) in [5.41, 5.74) is 0.288. The molecule has 6 rings (SSSR count). The first kappa shape index (κ1) is 17.3. The number of hydrogen-bond donors (Lipinski definition) is 2. The first-order valence-electron chi connectivity index (χ1n) is 9.87. The lowest BCUT2D eigenvalue weighted by Crippen LogP contribution is -2.69. The van der Waals surface area contributed by atoms with Gasteiger partial charge in [0.05, 0.1) is 0 Å². The van der Waals surface area contributed by atoms with Crippen molar-refractivity contribution in [1.82, 2.24) is 25.6 Å². The van der Waals surface area contributed by atoms with Gasteiger partial charge in [0.2, 0.25) is 0 Å². The highest BCUT2D eigenvalue weighted by Gasteiger charge is 2.58. The molecule has 0 aliphatic heterocycles. The highest BCUT2D eigenvalue weighted by Crippen LogP contribution is 2.57. The van der Waals surface area contributed by atoms with Crippen molar-refractivity contribution in [2.75, 3.05) is 0 Å². The fourth-order valence-electron chi connectivity index (χ4n) is 6.09. The Hall–Kier alpha value is -2.83. The van der Waals surface area contributed by atoms with Gasteiger partial charge in [0.15, 0.2) is 0 Å². The smallest absolute Gasteiger partial charge is 0.270 e. The van der Waals surface area contributed by atoms with Crippen LogP contribution in [0.5, 0.6) is 0 Å². The summed E-state index contributed by atoms with van der Waals surface area (Å²) >= 11 is 0. The summed E-state index contributed by atoms with van der Waals surface area (Å²) in [6, 6.07) is 7.00. The fraction of sp³-hybridized carbons (Fsp3) is 0.476. The van der Waals surface area contributed by atoms with Gasteiger partial charge in [-0.15, -0.1) is 0 Å². The van der Waals surface area contributed by atoms with Crippen molar-refractivity contribution in [1.29, 1.82) is 0 Å². The summed E-state index contributed by atoms with van der Waals surface area (Å²) in [5.74, 6) is 0.766. The molecule has 2 unspecified atom stereocenters. The quantitative estimate of drug-likeness (QED) is 0.851. The lowest BCUT2D eigenvalue weighted by molar-refractivity contribution is -0.0449. The topological polar surface area (TPSA) is 96.9 Å². The molecular weight excluding hydrogens is 354 g/mol. The Morgan fingerprint density at radius 1 is 0.857 bits per heavy atom. The van der Waals surface area contributed by atoms with Crippen molar-refractivity contribution in [2.45, 2.75) is 49.6 Å². The normalized spacial score (nSPS) is 32.7. The largest absolute Gasteiger partial charge is 0.345 e. The lowest BCUT2D eigenvalue weighted by atomic mass is 9.49. The van der Waals surface area contributed by atoms with E-state index in [1.165, 1.54) is 12.7 Å². The van der Waals surface area contributed by atoms with E-state index in [-0.39, 0.29) is 22.9 Å². The second-order valence-electron chi connectivity index (χ2n) is 8.74. The molecule has 0 saturated heterocycles. The number of hydrogen-bond acceptors (Lipinski definition) is 5. The van der Waals surface area contributed by atoms with Crippen LogP contribution >= 0.6 is 0 Å². The Bertz CT molecular complexity index is 816. The van der Waals surface area contributed by atoms with E-state index >= 15 is 0 Å². The third-order valence-corrected chi connectivity index (χ3v) is 6.53. The number of amides is 2. The number of rotatable bonds is 4. The van der Waals surface area contributed by atoms with Gasteiger partial charge in [0.25, 0.3) is 11.8 Å². The highest BCUT2D eigenvalue weighted by atomic mass is 16.2. The molecule has 2 aromatic heterocycles. The zero-order chi connectivity index (χ0) is 19.2. The molecule has 2 heterocycles. The van der Waals surface area contributed by atoms with Crippen molar-refractivity contribution in [3.63, 3.8) is 0 Å². The van der Waals surface area contributed by atoms with Crippen molar-refractivity contribution < 1.29 is 9.59 Å². The molecule has 4 bridgehead atoms. The average Bonchev–Trinajstić information content (AvgIpc) is 2.67. The maximum Gasteiger partial charge on any atom is 0.270 e. The molecule has 2 atom stereocenters. The van der Waals surface area contributed by atoms with E-state index in [9.17, 15) is 9.59 Å². The van der Waals surface area contributed by atoms with E-state index in [1.54, 1.807) is 30.6 Å². The second kappa shape index (κ2) is 6.36. The molecular formula is C21H23N5O2. The summed E-state index contributed by atoms with van der Waals surface area (Å²) in [6.07, 6.45) is 10.5. The molecule has 0 spiro atoms. The van der Waals surface area contributed by atoms with Crippen LogP contribution in [-0.4, -0.2) is 37.8 Å². The maximum atomic E-state index is 12.8. The van der Waals surface area contributed by atoms with Gasteiger partial charge < -0.3 is 10.6 Å². The molecule has 144 valence electrons. The first-order valence-corrected chi connectivity index (χ1v) is 9.87. The molecule has 28 heavy (non-hydrogen) atoms. The van der Waals surface area contributed by atoms with Gasteiger partial charge in [-0.3, -0.25) is 14.6 Å². The Labute approximate surface area is 163 Å². The number of aromatic nitrogens is 3. The van der Waals surface area contributed by atoms with Gasteiger partial charge in [-0.1, -0.05) is 6.07 Å². The summed E-state index contributed by atoms with van der Waals surface area (Å²) in [4.78, 5) is 37.7. The maximum absolute atomic E-state index is 12.8. The zero-order valence-corrected chi connectivity index (χ0v) is 15.6. The summed E-state index contributed by atoms with van der Waals surface area (Å²) in [7, 11) is 0. The van der Waals surface area contributed by atoms with Crippen molar-refractivity contribution in [2.24, 2.45) is 11.8 Å². The van der Waals surface area contributed by atoms with E-state index in [1.807, 2.05) is 6.07 Å². The fourth-order valence-corrected chi connectivity index (χ4v) is 6.09. The number of nitrogens with zero attached hydrogens (tertiary/aromatic N) is 3. The van der Waals surface area contributed by atoms with Crippen molar-refractivity contribution in [3.8, 4) is 0 Å². The molecule has 7 heteroatoms. The zero-order valence-electron chi connectivity index (χ0n) is 15.6. The van der Waals surface area contributed by atoms with E-state index in [0.29, 0.717) is 23.2 Å². The van der Waals surface area contributed by atoms with Crippen molar-refractivity contribution in [3.05, 3.63) is 54.4 Å². The predicted molar refractivity (Wildman–Crippen MR) is 101 cm³/mol. The number of nitrogens with one attached hydrogen (secondary N) is 2. The Morgan fingerprint density at radius 2 is 1.50 bits per heavy atom. The summed E-state index contributed by atoms with van der Waals surface area (Å²) < 4.78 is 0. The molecule has 4 aliphatic rings. The molecule has 2 amide bonds. The van der Waals surface area contributed by atoms with Crippen molar-refractivity contribution >= 4 is 11.8 Å². The van der Waals surface area contributed by atoms with Crippen LogP contribution in [0.25, 0.3) is 0 Å². The minimum absolute atomic E-state index is 0.125. The third kappa shape index (κ3) is 3.04. The van der Waals surface area contributed by atoms with Gasteiger partial charge in [0, 0.05) is 23.5 Å². The average molecular weight is 377 g/mol. The SMILES string of the molecule is O=C(NC12CC3CC(C1)CC(NC(=O)c1ccncn1)(C3)C2)c1ccccn1. The highest BCUT2D eigenvalue weighted by molar-refractivity contribution is 5.93. The Balaban J connectivity index is 1.38. The van der Waals surface area contributed by atoms with Crippen LogP contribution in [-0.2, 0) is 0 Å². The molecule has 4 aliphatic carbocycles. The minimum Gasteiger partial charge on any atom is -0.345 e. The third-order valence-electron chi connectivity index (χ3n) is 6.53. The van der Waals surface area contributed by atoms with E-state index < -0.39 is 0 Å². The predicted octanol–water partition coefficient (Wildman–Crippen LogP) is 2.12. The number of carbonyl (C=O) groups is 2. The van der Waals surface area contributed by atoms with Gasteiger partial charge in [-0.2, -0.15) is 0 Å². The number of pyridine rings is 1. The monoisotopic (exact) mass is 377 g/mol. The Kier molecular flexibility index (Phi) is 3.92. The molecule has 2 N–H and O–H groups in total. The summed E-state index contributed by atoms with van der Waals surface area (Å²) in [6.45, 7) is 0. The molecule has 4 saturated carbocycles. The second-order valence-corrected chi connectivity index (χ2v) is 8.74. The standard InChI is InChI=1S/C21H23N5O2/c27-18(16-3-1-2-5-23-16)25-20-8-14-7-15(9-20)11-21(10-14,12-20)26-19(28)17-4-6-22-13-24-17/h1-6,13-15H,7-12H2,(H,25,27)(H,26,28). The minimum atomic E-state index is -0.274. The van der Waals surface area contributed by atoms with Crippen LogP contribution in [0.2, 0.25) is 0 Å². The van der Waals surface area contributed by atoms with Gasteiger partial charge in [-0.25, -0.2) is 9.97 Å². The van der Waals surface area contributed by atoms with Gasteiger partial charge in [0.1, 0.15) is 17.7 Å². The van der Waals surface area contributed by atoms with E-state index in [4.69, 9.17) is 0 Å². The van der Waals surface area contributed by atoms with E-state index in [2.05, 4.69) is 25.6 Å². The Morgan fingerprint density at radius 3 is 2.04 bits per heavy atom. The van der Waals surface area contributed by atoms with Crippen LogP contribution < -0.4 is 10.6 Å². The van der Waals surface area contributed by atoms with Crippen LogP contribution in [0.3, 0.4) is 0 Å². The molecule has 7 nitrogen and oxygen atoms in total. The van der Waals surface area contributed by atoms with Crippen LogP contribution in [0.15, 0.2) is 43.0 Å². The molecule has 4 fully saturated rings. The van der Waals surface area contributed by atoms with E-state index in [0.717, 1.165) is 32.1 Å². The van der Waals surface area contributed by atoms with Crippen LogP contribution in [0.1, 0.15) is 59.5 Å². The van der Waals surface area contributed by atoms with Gasteiger partial charge >= 0.3 is 0 Å². The first-order chi connectivity index (χ1) is 13.5. The molecule has 0 aromatic carbocycles. The van der Waals surface area contributed by atoms with Crippen LogP contribution in [0, 0.1) is 11.8 Å². The molecule has 2 aromatic rings. The summed E-state index contributed by atoms with van der Waals surface area (Å²) in [5, 5.41) is 6.58. The van der Waals surface area contributed by atoms with Gasteiger partial charge in [-0.05, 0) is 68.6 Å². The lowest BCUT2D eigenvalue weighted by Gasteiger charge is -2.62. The number of carbonyl (C=O) groups excluding carboxylic acids is 2. The van der Waals surface area contributed by atoms with Crippen LogP contribution in [0.4, 0.5) is 0 Å².